The average molecular weight is 289 g/mol. The summed E-state index contributed by atoms with van der Waals surface area (Å²) >= 11 is 1.49. The third-order valence-electron chi connectivity index (χ3n) is 3.23. The van der Waals surface area contributed by atoms with Gasteiger partial charge in [-0.1, -0.05) is 6.07 Å². The Labute approximate surface area is 120 Å². The van der Waals surface area contributed by atoms with Crippen molar-refractivity contribution >= 4 is 22.9 Å². The lowest BCUT2D eigenvalue weighted by atomic mass is 10.1. The van der Waals surface area contributed by atoms with E-state index in [1.54, 1.807) is 13.1 Å². The van der Waals surface area contributed by atoms with Crippen LogP contribution in [-0.2, 0) is 13.1 Å². The molecule has 1 aliphatic rings. The lowest BCUT2D eigenvalue weighted by Gasteiger charge is -2.08. The number of fused-ring (bicyclic) bond motifs is 1. The molecule has 6 heteroatoms. The number of benzene rings is 1. The number of rotatable bonds is 4. The van der Waals surface area contributed by atoms with E-state index in [1.165, 1.54) is 11.3 Å². The van der Waals surface area contributed by atoms with Crippen LogP contribution in [0.4, 0.5) is 5.69 Å². The van der Waals surface area contributed by atoms with Gasteiger partial charge in [0.15, 0.2) is 0 Å². The number of aliphatic hydroxyl groups excluding tert-OH is 1. The first-order valence-corrected chi connectivity index (χ1v) is 7.23. The molecule has 0 spiro atoms. The normalized spacial score (nSPS) is 14.8. The number of anilines is 1. The second-order valence-electron chi connectivity index (χ2n) is 4.71. The van der Waals surface area contributed by atoms with Crippen LogP contribution < -0.4 is 10.6 Å². The largest absolute Gasteiger partial charge is 0.386 e. The van der Waals surface area contributed by atoms with E-state index >= 15 is 0 Å². The van der Waals surface area contributed by atoms with E-state index in [1.807, 2.05) is 18.2 Å². The summed E-state index contributed by atoms with van der Waals surface area (Å²) in [4.78, 5) is 16.8. The van der Waals surface area contributed by atoms with Gasteiger partial charge in [-0.25, -0.2) is 4.98 Å². The predicted molar refractivity (Wildman–Crippen MR) is 77.7 cm³/mol. The van der Waals surface area contributed by atoms with E-state index in [9.17, 15) is 9.90 Å². The number of amides is 1. The SMILES string of the molecule is CC(O)c1ncc(CNc2cccc3c2CNC3=O)s1. The van der Waals surface area contributed by atoms with Gasteiger partial charge in [0, 0.05) is 34.4 Å². The molecule has 0 radical (unpaired) electrons. The second kappa shape index (κ2) is 5.22. The van der Waals surface area contributed by atoms with Crippen LogP contribution in [0.25, 0.3) is 0 Å². The van der Waals surface area contributed by atoms with Crippen molar-refractivity contribution in [1.29, 1.82) is 0 Å². The number of nitrogens with zero attached hydrogens (tertiary/aromatic N) is 1. The van der Waals surface area contributed by atoms with E-state index in [4.69, 9.17) is 0 Å². The van der Waals surface area contributed by atoms with Gasteiger partial charge in [-0.2, -0.15) is 0 Å². The molecule has 3 rings (SSSR count). The van der Waals surface area contributed by atoms with Crippen molar-refractivity contribution in [3.8, 4) is 0 Å². The highest BCUT2D eigenvalue weighted by Crippen LogP contribution is 2.26. The maximum absolute atomic E-state index is 11.6. The fourth-order valence-electron chi connectivity index (χ4n) is 2.20. The van der Waals surface area contributed by atoms with Crippen molar-refractivity contribution in [3.05, 3.63) is 45.4 Å². The van der Waals surface area contributed by atoms with Crippen LogP contribution in [0.1, 0.15) is 38.8 Å². The molecule has 2 heterocycles. The minimum Gasteiger partial charge on any atom is -0.386 e. The Morgan fingerprint density at radius 1 is 1.55 bits per heavy atom. The molecular weight excluding hydrogens is 274 g/mol. The summed E-state index contributed by atoms with van der Waals surface area (Å²) in [5.41, 5.74) is 2.72. The standard InChI is InChI=1S/C14H15N3O2S/c1-8(18)14-17-6-9(20-14)5-15-12-4-2-3-10-11(12)7-16-13(10)19/h2-4,6,8,15,18H,5,7H2,1H3,(H,16,19). The Morgan fingerprint density at radius 2 is 2.40 bits per heavy atom. The molecule has 0 fully saturated rings. The van der Waals surface area contributed by atoms with E-state index in [0.29, 0.717) is 13.1 Å². The molecule has 0 saturated carbocycles. The number of aromatic nitrogens is 1. The summed E-state index contributed by atoms with van der Waals surface area (Å²) in [6.07, 6.45) is 1.24. The van der Waals surface area contributed by atoms with Crippen molar-refractivity contribution in [2.75, 3.05) is 5.32 Å². The molecule has 0 bridgehead atoms. The quantitative estimate of drug-likeness (QED) is 0.805. The summed E-state index contributed by atoms with van der Waals surface area (Å²) in [7, 11) is 0. The highest BCUT2D eigenvalue weighted by atomic mass is 32.1. The van der Waals surface area contributed by atoms with Crippen molar-refractivity contribution < 1.29 is 9.90 Å². The molecular formula is C14H15N3O2S. The molecule has 104 valence electrons. The summed E-state index contributed by atoms with van der Waals surface area (Å²) in [5.74, 6) is -0.0159. The number of nitrogens with one attached hydrogen (secondary N) is 2. The zero-order valence-electron chi connectivity index (χ0n) is 11.0. The molecule has 0 aliphatic carbocycles. The molecule has 5 nitrogen and oxygen atoms in total. The molecule has 1 aliphatic heterocycles. The Balaban J connectivity index is 1.74. The Bertz CT molecular complexity index is 652. The molecule has 0 saturated heterocycles. The average Bonchev–Trinajstić information content (AvgIpc) is 3.04. The number of carbonyl (C=O) groups is 1. The smallest absolute Gasteiger partial charge is 0.251 e. The first-order chi connectivity index (χ1) is 9.65. The van der Waals surface area contributed by atoms with Crippen LogP contribution in [0.15, 0.2) is 24.4 Å². The third kappa shape index (κ3) is 2.39. The monoisotopic (exact) mass is 289 g/mol. The Kier molecular flexibility index (Phi) is 3.42. The van der Waals surface area contributed by atoms with Crippen molar-refractivity contribution in [1.82, 2.24) is 10.3 Å². The highest BCUT2D eigenvalue weighted by molar-refractivity contribution is 7.11. The molecule has 1 amide bonds. The van der Waals surface area contributed by atoms with Crippen LogP contribution in [0.5, 0.6) is 0 Å². The van der Waals surface area contributed by atoms with Crippen LogP contribution in [0.2, 0.25) is 0 Å². The molecule has 2 aromatic rings. The molecule has 3 N–H and O–H groups in total. The number of hydrogen-bond donors (Lipinski definition) is 3. The number of hydrogen-bond acceptors (Lipinski definition) is 5. The maximum Gasteiger partial charge on any atom is 0.251 e. The van der Waals surface area contributed by atoms with Crippen LogP contribution in [-0.4, -0.2) is 16.0 Å². The minimum atomic E-state index is -0.531. The van der Waals surface area contributed by atoms with Gasteiger partial charge in [-0.3, -0.25) is 4.79 Å². The zero-order valence-corrected chi connectivity index (χ0v) is 11.8. The fraction of sp³-hybridized carbons (Fsp3) is 0.286. The molecule has 1 aromatic carbocycles. The van der Waals surface area contributed by atoms with Crippen molar-refractivity contribution in [2.24, 2.45) is 0 Å². The fourth-order valence-corrected chi connectivity index (χ4v) is 2.99. The topological polar surface area (TPSA) is 74.2 Å². The van der Waals surface area contributed by atoms with E-state index in [2.05, 4.69) is 15.6 Å². The van der Waals surface area contributed by atoms with Gasteiger partial charge < -0.3 is 15.7 Å². The summed E-state index contributed by atoms with van der Waals surface area (Å²) in [5, 5.41) is 16.3. The molecule has 1 atom stereocenters. The summed E-state index contributed by atoms with van der Waals surface area (Å²) in [6, 6.07) is 5.68. The van der Waals surface area contributed by atoms with Gasteiger partial charge in [0.05, 0.1) is 6.54 Å². The van der Waals surface area contributed by atoms with Crippen LogP contribution >= 0.6 is 11.3 Å². The van der Waals surface area contributed by atoms with Gasteiger partial charge in [-0.15, -0.1) is 11.3 Å². The maximum atomic E-state index is 11.6. The third-order valence-corrected chi connectivity index (χ3v) is 4.40. The van der Waals surface area contributed by atoms with Gasteiger partial charge >= 0.3 is 0 Å². The lowest BCUT2D eigenvalue weighted by Crippen LogP contribution is -2.12. The molecule has 20 heavy (non-hydrogen) atoms. The van der Waals surface area contributed by atoms with E-state index < -0.39 is 6.10 Å². The van der Waals surface area contributed by atoms with E-state index in [0.717, 1.165) is 26.7 Å². The molecule has 1 unspecified atom stereocenters. The first kappa shape index (κ1) is 13.1. The highest BCUT2D eigenvalue weighted by Gasteiger charge is 2.21. The summed E-state index contributed by atoms with van der Waals surface area (Å²) < 4.78 is 0. The zero-order chi connectivity index (χ0) is 14.1. The number of thiazole rings is 1. The van der Waals surface area contributed by atoms with E-state index in [-0.39, 0.29) is 5.91 Å². The first-order valence-electron chi connectivity index (χ1n) is 6.42. The lowest BCUT2D eigenvalue weighted by molar-refractivity contribution is 0.0965. The molecule has 1 aromatic heterocycles. The van der Waals surface area contributed by atoms with Gasteiger partial charge in [0.2, 0.25) is 0 Å². The number of carbonyl (C=O) groups excluding carboxylic acids is 1. The van der Waals surface area contributed by atoms with Crippen LogP contribution in [0.3, 0.4) is 0 Å². The van der Waals surface area contributed by atoms with Gasteiger partial charge in [-0.05, 0) is 19.1 Å². The van der Waals surface area contributed by atoms with Crippen molar-refractivity contribution in [3.63, 3.8) is 0 Å². The minimum absolute atomic E-state index is 0.0159. The number of aliphatic hydroxyl groups is 1. The van der Waals surface area contributed by atoms with Crippen molar-refractivity contribution in [2.45, 2.75) is 26.1 Å². The van der Waals surface area contributed by atoms with Crippen LogP contribution in [0, 0.1) is 0 Å². The predicted octanol–water partition coefficient (Wildman–Crippen LogP) is 2.05. The second-order valence-corrected chi connectivity index (χ2v) is 5.86. The van der Waals surface area contributed by atoms with Gasteiger partial charge in [0.1, 0.15) is 11.1 Å². The Morgan fingerprint density at radius 3 is 3.15 bits per heavy atom. The summed E-state index contributed by atoms with van der Waals surface area (Å²) in [6.45, 7) is 2.91. The van der Waals surface area contributed by atoms with Gasteiger partial charge in [0.25, 0.3) is 5.91 Å². The Hall–Kier alpha value is -1.92.